The zero-order valence-corrected chi connectivity index (χ0v) is 17.2. The molecule has 0 bridgehead atoms. The van der Waals surface area contributed by atoms with Crippen LogP contribution in [0.1, 0.15) is 32.6 Å². The maximum atomic E-state index is 12.7. The maximum absolute atomic E-state index is 12.7. The summed E-state index contributed by atoms with van der Waals surface area (Å²) in [5.74, 6) is -0.880. The number of aliphatic imine (C=N–C) groups is 1. The molecule has 4 rings (SSSR count). The number of aryl methyl sites for hydroxylation is 2. The van der Waals surface area contributed by atoms with Crippen LogP contribution in [0.15, 0.2) is 53.5 Å². The monoisotopic (exact) mass is 425 g/mol. The fourth-order valence-electron chi connectivity index (χ4n) is 2.86. The molecule has 0 spiro atoms. The molecule has 3 aromatic rings. The van der Waals surface area contributed by atoms with E-state index in [0.717, 1.165) is 11.1 Å². The largest absolute Gasteiger partial charge is 0.446 e. The molecular weight excluding hydrogens is 410 g/mol. The fourth-order valence-corrected chi connectivity index (χ4v) is 4.00. The Morgan fingerprint density at radius 1 is 1.21 bits per heavy atom. The molecule has 1 aliphatic rings. The van der Waals surface area contributed by atoms with Crippen LogP contribution in [0.4, 0.5) is 0 Å². The minimum atomic E-state index is -0.827. The number of amidine groups is 1. The molecule has 1 N–H and O–H groups in total. The second-order valence-corrected chi connectivity index (χ2v) is 8.00. The predicted octanol–water partition coefficient (Wildman–Crippen LogP) is 4.46. The number of rotatable bonds is 3. The van der Waals surface area contributed by atoms with Gasteiger partial charge in [0.2, 0.25) is 6.10 Å². The molecule has 2 heterocycles. The van der Waals surface area contributed by atoms with Crippen LogP contribution in [0.5, 0.6) is 0 Å². The van der Waals surface area contributed by atoms with Crippen LogP contribution in [0.3, 0.4) is 0 Å². The van der Waals surface area contributed by atoms with Gasteiger partial charge in [-0.15, -0.1) is 11.3 Å². The van der Waals surface area contributed by atoms with Gasteiger partial charge in [-0.1, -0.05) is 53.6 Å². The Balaban J connectivity index is 1.55. The molecule has 1 atom stereocenters. The average molecular weight is 426 g/mol. The highest BCUT2D eigenvalue weighted by molar-refractivity contribution is 7.17. The van der Waals surface area contributed by atoms with Gasteiger partial charge in [0.15, 0.2) is 0 Å². The second kappa shape index (κ2) is 7.77. The molecule has 6 nitrogen and oxygen atoms in total. The SMILES string of the molecule is Cc1ccc(C2OC(=NC(=O)c3sc(-c4cccc(Cl)c4)nc3C)NC2=O)cc1. The van der Waals surface area contributed by atoms with Crippen molar-refractivity contribution in [2.45, 2.75) is 20.0 Å². The van der Waals surface area contributed by atoms with Crippen molar-refractivity contribution in [3.8, 4) is 10.6 Å². The van der Waals surface area contributed by atoms with Gasteiger partial charge in [0.25, 0.3) is 11.8 Å². The lowest BCUT2D eigenvalue weighted by atomic mass is 10.1. The number of benzene rings is 2. The first kappa shape index (κ1) is 19.3. The Labute approximate surface area is 176 Å². The number of ether oxygens (including phenoxy) is 1. The van der Waals surface area contributed by atoms with E-state index < -0.39 is 12.0 Å². The number of hydrogen-bond acceptors (Lipinski definition) is 5. The minimum Gasteiger partial charge on any atom is -0.446 e. The van der Waals surface area contributed by atoms with Crippen LogP contribution in [-0.2, 0) is 9.53 Å². The number of aromatic nitrogens is 1. The van der Waals surface area contributed by atoms with Gasteiger partial charge in [-0.25, -0.2) is 4.98 Å². The molecule has 29 heavy (non-hydrogen) atoms. The highest BCUT2D eigenvalue weighted by Crippen LogP contribution is 2.30. The van der Waals surface area contributed by atoms with Crippen LogP contribution in [-0.4, -0.2) is 22.8 Å². The van der Waals surface area contributed by atoms with Crippen LogP contribution >= 0.6 is 22.9 Å². The summed E-state index contributed by atoms with van der Waals surface area (Å²) >= 11 is 7.25. The predicted molar refractivity (Wildman–Crippen MR) is 112 cm³/mol. The molecule has 0 aliphatic carbocycles. The van der Waals surface area contributed by atoms with E-state index in [-0.39, 0.29) is 11.9 Å². The van der Waals surface area contributed by atoms with E-state index in [1.165, 1.54) is 11.3 Å². The Morgan fingerprint density at radius 2 is 1.97 bits per heavy atom. The van der Waals surface area contributed by atoms with E-state index in [4.69, 9.17) is 16.3 Å². The Hall–Kier alpha value is -3.03. The summed E-state index contributed by atoms with van der Waals surface area (Å²) in [5.41, 5.74) is 3.15. The first-order chi connectivity index (χ1) is 13.9. The number of nitrogens with zero attached hydrogens (tertiary/aromatic N) is 2. The van der Waals surface area contributed by atoms with E-state index in [1.54, 1.807) is 19.1 Å². The van der Waals surface area contributed by atoms with Crippen LogP contribution < -0.4 is 5.32 Å². The number of carbonyl (C=O) groups excluding carboxylic acids is 2. The van der Waals surface area contributed by atoms with E-state index in [9.17, 15) is 9.59 Å². The van der Waals surface area contributed by atoms with Crippen LogP contribution in [0.25, 0.3) is 10.6 Å². The standard InChI is InChI=1S/C21H16ClN3O3S/c1-11-6-8-13(9-7-11)16-18(26)24-21(28-16)25-19(27)17-12(2)23-20(29-17)14-4-3-5-15(22)10-14/h3-10,16H,1-2H3,(H,24,25,26,27). The van der Waals surface area contributed by atoms with Gasteiger partial charge in [-0.2, -0.15) is 4.99 Å². The zero-order chi connectivity index (χ0) is 20.5. The molecule has 0 radical (unpaired) electrons. The van der Waals surface area contributed by atoms with Crippen molar-refractivity contribution in [3.05, 3.63) is 75.3 Å². The van der Waals surface area contributed by atoms with Crippen molar-refractivity contribution in [1.82, 2.24) is 10.3 Å². The third-order valence-corrected chi connectivity index (χ3v) is 5.77. The highest BCUT2D eigenvalue weighted by Gasteiger charge is 2.33. The maximum Gasteiger partial charge on any atom is 0.300 e. The van der Waals surface area contributed by atoms with E-state index >= 15 is 0 Å². The summed E-state index contributed by atoms with van der Waals surface area (Å²) in [6.07, 6.45) is -0.827. The van der Waals surface area contributed by atoms with Crippen LogP contribution in [0, 0.1) is 13.8 Å². The number of amides is 2. The van der Waals surface area contributed by atoms with Crippen molar-refractivity contribution in [2.75, 3.05) is 0 Å². The summed E-state index contributed by atoms with van der Waals surface area (Å²) in [5, 5.41) is 3.78. The lowest BCUT2D eigenvalue weighted by Crippen LogP contribution is -2.22. The van der Waals surface area contributed by atoms with E-state index in [2.05, 4.69) is 15.3 Å². The topological polar surface area (TPSA) is 80.7 Å². The van der Waals surface area contributed by atoms with Crippen LogP contribution in [0.2, 0.25) is 5.02 Å². The van der Waals surface area contributed by atoms with Crippen molar-refractivity contribution >= 4 is 40.8 Å². The number of carbonyl (C=O) groups is 2. The third kappa shape index (κ3) is 4.06. The van der Waals surface area contributed by atoms with Gasteiger partial charge in [-0.05, 0) is 26.0 Å². The minimum absolute atomic E-state index is 0.109. The average Bonchev–Trinajstić information content (AvgIpc) is 3.25. The van der Waals surface area contributed by atoms with E-state index in [0.29, 0.717) is 26.2 Å². The smallest absolute Gasteiger partial charge is 0.300 e. The van der Waals surface area contributed by atoms with Crippen molar-refractivity contribution in [2.24, 2.45) is 4.99 Å². The van der Waals surface area contributed by atoms with Gasteiger partial charge < -0.3 is 4.74 Å². The van der Waals surface area contributed by atoms with Gasteiger partial charge in [0.1, 0.15) is 9.88 Å². The van der Waals surface area contributed by atoms with Gasteiger partial charge in [0.05, 0.1) is 5.69 Å². The number of halogens is 1. The fraction of sp³-hybridized carbons (Fsp3) is 0.143. The van der Waals surface area contributed by atoms with Crippen molar-refractivity contribution < 1.29 is 14.3 Å². The Morgan fingerprint density at radius 3 is 2.69 bits per heavy atom. The van der Waals surface area contributed by atoms with Gasteiger partial charge in [0, 0.05) is 16.1 Å². The Kier molecular flexibility index (Phi) is 5.17. The van der Waals surface area contributed by atoms with Crippen molar-refractivity contribution in [1.29, 1.82) is 0 Å². The highest BCUT2D eigenvalue weighted by atomic mass is 35.5. The normalized spacial score (nSPS) is 17.3. The number of thiazole rings is 1. The number of hydrogen-bond donors (Lipinski definition) is 1. The zero-order valence-electron chi connectivity index (χ0n) is 15.6. The number of nitrogens with one attached hydrogen (secondary N) is 1. The summed E-state index contributed by atoms with van der Waals surface area (Å²) in [6, 6.07) is 14.6. The van der Waals surface area contributed by atoms with Gasteiger partial charge >= 0.3 is 6.02 Å². The lowest BCUT2D eigenvalue weighted by molar-refractivity contribution is -0.123. The summed E-state index contributed by atoms with van der Waals surface area (Å²) < 4.78 is 5.57. The van der Waals surface area contributed by atoms with E-state index in [1.807, 2.05) is 43.3 Å². The molecule has 146 valence electrons. The molecule has 1 aliphatic heterocycles. The van der Waals surface area contributed by atoms with Gasteiger partial charge in [-0.3, -0.25) is 14.9 Å². The van der Waals surface area contributed by atoms with Crippen molar-refractivity contribution in [3.63, 3.8) is 0 Å². The molecular formula is C21H16ClN3O3S. The molecule has 1 aromatic heterocycles. The lowest BCUT2D eigenvalue weighted by Gasteiger charge is -2.07. The molecule has 1 fully saturated rings. The quantitative estimate of drug-likeness (QED) is 0.671. The molecule has 2 amide bonds. The summed E-state index contributed by atoms with van der Waals surface area (Å²) in [7, 11) is 0. The summed E-state index contributed by atoms with van der Waals surface area (Å²) in [6.45, 7) is 3.70. The first-order valence-electron chi connectivity index (χ1n) is 8.81. The molecule has 0 saturated carbocycles. The first-order valence-corrected chi connectivity index (χ1v) is 10.0. The molecule has 2 aromatic carbocycles. The Bertz CT molecular complexity index is 1140. The summed E-state index contributed by atoms with van der Waals surface area (Å²) in [4.78, 5) is 33.6. The molecule has 1 unspecified atom stereocenters. The molecule has 8 heteroatoms. The second-order valence-electron chi connectivity index (χ2n) is 6.56. The molecule has 1 saturated heterocycles. The third-order valence-electron chi connectivity index (χ3n) is 4.34.